The lowest BCUT2D eigenvalue weighted by Gasteiger charge is -2.10. The number of ether oxygens (including phenoxy) is 1. The van der Waals surface area contributed by atoms with Crippen molar-refractivity contribution in [1.29, 1.82) is 0 Å². The van der Waals surface area contributed by atoms with E-state index in [4.69, 9.17) is 27.9 Å². The molecule has 2 heterocycles. The Labute approximate surface area is 171 Å². The van der Waals surface area contributed by atoms with Crippen LogP contribution in [0.3, 0.4) is 0 Å². The van der Waals surface area contributed by atoms with Gasteiger partial charge >= 0.3 is 0 Å². The first-order valence-electron chi connectivity index (χ1n) is 8.88. The molecule has 4 rings (SSSR count). The van der Waals surface area contributed by atoms with Crippen molar-refractivity contribution >= 4 is 40.0 Å². The van der Waals surface area contributed by atoms with Crippen LogP contribution in [0, 0.1) is 0 Å². The van der Waals surface area contributed by atoms with E-state index in [0.717, 1.165) is 24.2 Å². The number of aromatic nitrogens is 2. The number of aryl methyl sites for hydroxylation is 1. The Morgan fingerprint density at radius 3 is 2.89 bits per heavy atom. The highest BCUT2D eigenvalue weighted by molar-refractivity contribution is 6.35. The second kappa shape index (κ2) is 7.81. The van der Waals surface area contributed by atoms with Crippen molar-refractivity contribution in [1.82, 2.24) is 14.9 Å². The molecule has 2 aromatic carbocycles. The molecule has 28 heavy (non-hydrogen) atoms. The monoisotopic (exact) mass is 417 g/mol. The Balaban J connectivity index is 1.41. The molecule has 0 atom stereocenters. The summed E-state index contributed by atoms with van der Waals surface area (Å²) in [4.78, 5) is 29.2. The Kier molecular flexibility index (Phi) is 5.24. The molecule has 1 aliphatic heterocycles. The predicted molar refractivity (Wildman–Crippen MR) is 108 cm³/mol. The number of amides is 1. The lowest BCUT2D eigenvalue weighted by atomic mass is 10.2. The fourth-order valence-corrected chi connectivity index (χ4v) is 3.69. The molecule has 1 N–H and O–H groups in total. The van der Waals surface area contributed by atoms with Crippen LogP contribution in [0.15, 0.2) is 41.2 Å². The zero-order valence-corrected chi connectivity index (χ0v) is 16.4. The number of benzene rings is 2. The quantitative estimate of drug-likeness (QED) is 0.690. The minimum absolute atomic E-state index is 0.0650. The minimum Gasteiger partial charge on any atom is -0.484 e. The van der Waals surface area contributed by atoms with Crippen molar-refractivity contribution in [3.8, 4) is 5.75 Å². The molecule has 1 amide bonds. The van der Waals surface area contributed by atoms with Crippen LogP contribution >= 0.6 is 23.2 Å². The van der Waals surface area contributed by atoms with Gasteiger partial charge in [-0.15, -0.1) is 0 Å². The van der Waals surface area contributed by atoms with E-state index in [-0.39, 0.29) is 24.6 Å². The maximum atomic E-state index is 12.6. The molecule has 1 aromatic heterocycles. The first-order chi connectivity index (χ1) is 13.5. The molecule has 0 saturated carbocycles. The zero-order valence-electron chi connectivity index (χ0n) is 14.9. The SMILES string of the molecule is O=C(COc1ccc2nc3n(c(=O)c2c1)CCC3)NCc1ccc(Cl)cc1Cl. The number of hydrogen-bond acceptors (Lipinski definition) is 4. The van der Waals surface area contributed by atoms with E-state index in [9.17, 15) is 9.59 Å². The van der Waals surface area contributed by atoms with Gasteiger partial charge in [-0.25, -0.2) is 4.98 Å². The molecule has 1 aliphatic rings. The predicted octanol–water partition coefficient (Wildman–Crippen LogP) is 3.34. The third-order valence-electron chi connectivity index (χ3n) is 4.65. The van der Waals surface area contributed by atoms with Crippen LogP contribution in [-0.2, 0) is 24.3 Å². The fraction of sp³-hybridized carbons (Fsp3) is 0.250. The van der Waals surface area contributed by atoms with Crippen molar-refractivity contribution in [2.75, 3.05) is 6.61 Å². The molecule has 0 aliphatic carbocycles. The summed E-state index contributed by atoms with van der Waals surface area (Å²) in [7, 11) is 0. The summed E-state index contributed by atoms with van der Waals surface area (Å²) in [6.45, 7) is 0.793. The smallest absolute Gasteiger partial charge is 0.261 e. The molecule has 0 spiro atoms. The van der Waals surface area contributed by atoms with Crippen LogP contribution in [0.25, 0.3) is 10.9 Å². The van der Waals surface area contributed by atoms with E-state index in [0.29, 0.717) is 33.2 Å². The topological polar surface area (TPSA) is 73.2 Å². The lowest BCUT2D eigenvalue weighted by Crippen LogP contribution is -2.28. The van der Waals surface area contributed by atoms with Crippen molar-refractivity contribution in [2.45, 2.75) is 25.9 Å². The number of nitrogens with zero attached hydrogens (tertiary/aromatic N) is 2. The summed E-state index contributed by atoms with van der Waals surface area (Å²) in [5, 5.41) is 4.27. The highest BCUT2D eigenvalue weighted by Gasteiger charge is 2.16. The maximum Gasteiger partial charge on any atom is 0.261 e. The molecule has 6 nitrogen and oxygen atoms in total. The number of carbonyl (C=O) groups is 1. The molecule has 0 bridgehead atoms. The van der Waals surface area contributed by atoms with Crippen LogP contribution < -0.4 is 15.6 Å². The number of rotatable bonds is 5. The number of hydrogen-bond donors (Lipinski definition) is 1. The second-order valence-corrected chi connectivity index (χ2v) is 7.41. The number of carbonyl (C=O) groups excluding carboxylic acids is 1. The molecule has 0 fully saturated rings. The first-order valence-corrected chi connectivity index (χ1v) is 9.64. The van der Waals surface area contributed by atoms with E-state index in [1.165, 1.54) is 0 Å². The molecule has 0 saturated heterocycles. The molecule has 0 unspecified atom stereocenters. The lowest BCUT2D eigenvalue weighted by molar-refractivity contribution is -0.123. The first kappa shape index (κ1) is 18.8. The largest absolute Gasteiger partial charge is 0.484 e. The number of halogens is 2. The Morgan fingerprint density at radius 1 is 1.21 bits per heavy atom. The molecule has 3 aromatic rings. The van der Waals surface area contributed by atoms with E-state index < -0.39 is 0 Å². The van der Waals surface area contributed by atoms with Crippen LogP contribution in [0.1, 0.15) is 17.8 Å². The van der Waals surface area contributed by atoms with Crippen molar-refractivity contribution < 1.29 is 9.53 Å². The van der Waals surface area contributed by atoms with Gasteiger partial charge in [0.25, 0.3) is 11.5 Å². The van der Waals surface area contributed by atoms with Gasteiger partial charge in [0.15, 0.2) is 6.61 Å². The molecule has 0 radical (unpaired) electrons. The van der Waals surface area contributed by atoms with Gasteiger partial charge in [-0.3, -0.25) is 14.2 Å². The minimum atomic E-state index is -0.296. The third-order valence-corrected chi connectivity index (χ3v) is 5.23. The summed E-state index contributed by atoms with van der Waals surface area (Å²) < 4.78 is 7.25. The van der Waals surface area contributed by atoms with Gasteiger partial charge in [-0.2, -0.15) is 0 Å². The molecular weight excluding hydrogens is 401 g/mol. The maximum absolute atomic E-state index is 12.6. The Hall–Kier alpha value is -2.57. The summed E-state index contributed by atoms with van der Waals surface area (Å²) in [5.41, 5.74) is 1.34. The summed E-state index contributed by atoms with van der Waals surface area (Å²) >= 11 is 12.0. The summed E-state index contributed by atoms with van der Waals surface area (Å²) in [5.74, 6) is 0.978. The molecular formula is C20H17Cl2N3O3. The summed E-state index contributed by atoms with van der Waals surface area (Å²) in [6, 6.07) is 10.2. The zero-order chi connectivity index (χ0) is 19.7. The average molecular weight is 418 g/mol. The normalized spacial score (nSPS) is 12.8. The van der Waals surface area contributed by atoms with E-state index in [1.807, 2.05) is 0 Å². The highest BCUT2D eigenvalue weighted by atomic mass is 35.5. The van der Waals surface area contributed by atoms with Crippen LogP contribution in [0.4, 0.5) is 0 Å². The van der Waals surface area contributed by atoms with Gasteiger partial charge in [0, 0.05) is 29.6 Å². The Bertz CT molecular complexity index is 1130. The van der Waals surface area contributed by atoms with E-state index in [2.05, 4.69) is 10.3 Å². The van der Waals surface area contributed by atoms with Gasteiger partial charge < -0.3 is 10.1 Å². The Morgan fingerprint density at radius 2 is 2.07 bits per heavy atom. The highest BCUT2D eigenvalue weighted by Crippen LogP contribution is 2.21. The third kappa shape index (κ3) is 3.84. The van der Waals surface area contributed by atoms with Gasteiger partial charge in [0.2, 0.25) is 0 Å². The van der Waals surface area contributed by atoms with Crippen LogP contribution in [0.2, 0.25) is 10.0 Å². The van der Waals surface area contributed by atoms with E-state index >= 15 is 0 Å². The van der Waals surface area contributed by atoms with Crippen LogP contribution in [-0.4, -0.2) is 22.1 Å². The van der Waals surface area contributed by atoms with Crippen molar-refractivity contribution in [3.05, 3.63) is 68.2 Å². The van der Waals surface area contributed by atoms with E-state index in [1.54, 1.807) is 41.0 Å². The standard InChI is InChI=1S/C20H17Cl2N3O3/c21-13-4-3-12(16(22)8-13)10-23-19(26)11-28-14-5-6-17-15(9-14)20(27)25-7-1-2-18(25)24-17/h3-6,8-9H,1-2,7,10-11H2,(H,23,26). The molecule has 8 heteroatoms. The van der Waals surface area contributed by atoms with Crippen LogP contribution in [0.5, 0.6) is 5.75 Å². The van der Waals surface area contributed by atoms with Crippen molar-refractivity contribution in [3.63, 3.8) is 0 Å². The summed E-state index contributed by atoms with van der Waals surface area (Å²) in [6.07, 6.45) is 1.75. The number of nitrogens with one attached hydrogen (secondary N) is 1. The number of fused-ring (bicyclic) bond motifs is 2. The fourth-order valence-electron chi connectivity index (χ4n) is 3.21. The average Bonchev–Trinajstić information content (AvgIpc) is 3.15. The second-order valence-electron chi connectivity index (χ2n) is 6.57. The van der Waals surface area contributed by atoms with Gasteiger partial charge in [-0.05, 0) is 42.3 Å². The van der Waals surface area contributed by atoms with Gasteiger partial charge in [0.1, 0.15) is 11.6 Å². The molecule has 144 valence electrons. The van der Waals surface area contributed by atoms with Gasteiger partial charge in [-0.1, -0.05) is 29.3 Å². The van der Waals surface area contributed by atoms with Crippen molar-refractivity contribution in [2.24, 2.45) is 0 Å². The van der Waals surface area contributed by atoms with Gasteiger partial charge in [0.05, 0.1) is 10.9 Å².